The molecule has 2 aliphatic carbocycles. The zero-order valence-electron chi connectivity index (χ0n) is 17.1. The van der Waals surface area contributed by atoms with Crippen molar-refractivity contribution in [2.75, 3.05) is 0 Å². The molecule has 0 spiro atoms. The van der Waals surface area contributed by atoms with Gasteiger partial charge in [-0.2, -0.15) is 5.10 Å². The second-order valence-electron chi connectivity index (χ2n) is 8.89. The number of halogens is 1. The summed E-state index contributed by atoms with van der Waals surface area (Å²) in [5.74, 6) is 0.734. The Labute approximate surface area is 181 Å². The third-order valence-corrected chi connectivity index (χ3v) is 7.48. The van der Waals surface area contributed by atoms with Gasteiger partial charge in [0.1, 0.15) is 0 Å². The molecular weight excluding hydrogens is 394 g/mol. The number of hydrogen-bond donors (Lipinski definition) is 1. The first-order valence-electron chi connectivity index (χ1n) is 10.7. The van der Waals surface area contributed by atoms with E-state index < -0.39 is 0 Å². The predicted molar refractivity (Wildman–Crippen MR) is 122 cm³/mol. The highest BCUT2D eigenvalue weighted by Gasteiger charge is 2.64. The maximum absolute atomic E-state index is 12.7. The van der Waals surface area contributed by atoms with Crippen LogP contribution in [-0.4, -0.2) is 16.7 Å². The molecule has 5 heteroatoms. The van der Waals surface area contributed by atoms with Crippen LogP contribution in [0.3, 0.4) is 0 Å². The topological polar surface area (TPSA) is 46.4 Å². The SMILES string of the molecule is C[C@]12CCCC[C@H]1[C@@H]2C(=O)N/N=C\c1cn(Cc2ccccc2Cl)c2ccccc12. The van der Waals surface area contributed by atoms with Crippen LogP contribution in [0.25, 0.3) is 10.9 Å². The van der Waals surface area contributed by atoms with Crippen LogP contribution in [0.4, 0.5) is 0 Å². The summed E-state index contributed by atoms with van der Waals surface area (Å²) in [5.41, 5.74) is 6.18. The Kier molecular flexibility index (Phi) is 4.90. The Balaban J connectivity index is 1.35. The third-order valence-electron chi connectivity index (χ3n) is 7.11. The molecule has 0 unspecified atom stereocenters. The molecule has 2 saturated carbocycles. The molecule has 2 aliphatic rings. The lowest BCUT2D eigenvalue weighted by Crippen LogP contribution is -2.22. The van der Waals surface area contributed by atoms with E-state index in [4.69, 9.17) is 11.6 Å². The van der Waals surface area contributed by atoms with Gasteiger partial charge in [0.2, 0.25) is 5.91 Å². The highest BCUT2D eigenvalue weighted by molar-refractivity contribution is 6.31. The van der Waals surface area contributed by atoms with E-state index in [1.54, 1.807) is 6.21 Å². The molecule has 4 nitrogen and oxygen atoms in total. The molecule has 1 N–H and O–H groups in total. The number of aromatic nitrogens is 1. The van der Waals surface area contributed by atoms with Gasteiger partial charge in [0.05, 0.1) is 6.21 Å². The second-order valence-corrected chi connectivity index (χ2v) is 9.30. The number of hydrogen-bond acceptors (Lipinski definition) is 2. The summed E-state index contributed by atoms with van der Waals surface area (Å²) in [6.45, 7) is 2.94. The van der Waals surface area contributed by atoms with Gasteiger partial charge in [-0.25, -0.2) is 5.43 Å². The molecule has 30 heavy (non-hydrogen) atoms. The smallest absolute Gasteiger partial charge is 0.244 e. The maximum Gasteiger partial charge on any atom is 0.244 e. The van der Waals surface area contributed by atoms with E-state index in [9.17, 15) is 4.79 Å². The van der Waals surface area contributed by atoms with Crippen LogP contribution in [-0.2, 0) is 11.3 Å². The van der Waals surface area contributed by atoms with E-state index in [1.165, 1.54) is 19.3 Å². The van der Waals surface area contributed by atoms with Gasteiger partial charge in [-0.1, -0.05) is 67.8 Å². The first-order valence-corrected chi connectivity index (χ1v) is 11.1. The fourth-order valence-corrected chi connectivity index (χ4v) is 5.60. The van der Waals surface area contributed by atoms with Crippen LogP contribution in [0.15, 0.2) is 59.8 Å². The number of hydrazone groups is 1. The monoisotopic (exact) mass is 419 g/mol. The van der Waals surface area contributed by atoms with Crippen LogP contribution in [0.1, 0.15) is 43.7 Å². The van der Waals surface area contributed by atoms with Gasteiger partial charge in [0.15, 0.2) is 0 Å². The summed E-state index contributed by atoms with van der Waals surface area (Å²) < 4.78 is 2.18. The summed E-state index contributed by atoms with van der Waals surface area (Å²) in [5, 5.41) is 6.18. The number of amides is 1. The predicted octanol–water partition coefficient (Wildman–Crippen LogP) is 5.62. The minimum atomic E-state index is 0.0699. The molecule has 0 saturated heterocycles. The lowest BCUT2D eigenvalue weighted by molar-refractivity contribution is -0.123. The van der Waals surface area contributed by atoms with E-state index >= 15 is 0 Å². The molecule has 0 radical (unpaired) electrons. The third kappa shape index (κ3) is 3.33. The normalized spacial score (nSPS) is 25.4. The van der Waals surface area contributed by atoms with Crippen molar-refractivity contribution in [3.8, 4) is 0 Å². The quantitative estimate of drug-likeness (QED) is 0.423. The van der Waals surface area contributed by atoms with Crippen LogP contribution in [0.2, 0.25) is 5.02 Å². The van der Waals surface area contributed by atoms with Crippen molar-refractivity contribution < 1.29 is 4.79 Å². The van der Waals surface area contributed by atoms with Gasteiger partial charge in [-0.3, -0.25) is 4.79 Å². The Hall–Kier alpha value is -2.59. The number of carbonyl (C=O) groups excluding carboxylic acids is 1. The van der Waals surface area contributed by atoms with Gasteiger partial charge in [-0.15, -0.1) is 0 Å². The molecule has 3 aromatic rings. The fraction of sp³-hybridized carbons (Fsp3) is 0.360. The zero-order chi connectivity index (χ0) is 20.7. The van der Waals surface area contributed by atoms with Gasteiger partial charge in [0.25, 0.3) is 0 Å². The van der Waals surface area contributed by atoms with Crippen molar-refractivity contribution in [1.82, 2.24) is 9.99 Å². The summed E-state index contributed by atoms with van der Waals surface area (Å²) in [6, 6.07) is 16.1. The Bertz CT molecular complexity index is 1130. The molecule has 154 valence electrons. The van der Waals surface area contributed by atoms with Gasteiger partial charge in [-0.05, 0) is 41.9 Å². The van der Waals surface area contributed by atoms with Crippen molar-refractivity contribution in [2.24, 2.45) is 22.4 Å². The van der Waals surface area contributed by atoms with E-state index in [2.05, 4.69) is 40.3 Å². The molecule has 1 amide bonds. The summed E-state index contributed by atoms with van der Waals surface area (Å²) in [4.78, 5) is 12.7. The van der Waals surface area contributed by atoms with Crippen LogP contribution in [0, 0.1) is 17.3 Å². The number of para-hydroxylation sites is 1. The first kappa shape index (κ1) is 19.4. The lowest BCUT2D eigenvalue weighted by atomic mass is 9.90. The van der Waals surface area contributed by atoms with E-state index in [0.717, 1.165) is 33.5 Å². The van der Waals surface area contributed by atoms with Crippen molar-refractivity contribution >= 4 is 34.6 Å². The number of carbonyl (C=O) groups is 1. The van der Waals surface area contributed by atoms with Crippen molar-refractivity contribution in [1.29, 1.82) is 0 Å². The van der Waals surface area contributed by atoms with Gasteiger partial charge >= 0.3 is 0 Å². The van der Waals surface area contributed by atoms with Crippen molar-refractivity contribution in [3.05, 3.63) is 70.9 Å². The summed E-state index contributed by atoms with van der Waals surface area (Å²) in [6.07, 6.45) is 8.66. The second kappa shape index (κ2) is 7.59. The number of fused-ring (bicyclic) bond motifs is 2. The fourth-order valence-electron chi connectivity index (χ4n) is 5.40. The molecular formula is C25H26ClN3O. The Morgan fingerprint density at radius 3 is 2.83 bits per heavy atom. The number of nitrogens with zero attached hydrogens (tertiary/aromatic N) is 2. The molecule has 5 rings (SSSR count). The number of nitrogens with one attached hydrogen (secondary N) is 1. The summed E-state index contributed by atoms with van der Waals surface area (Å²) in [7, 11) is 0. The lowest BCUT2D eigenvalue weighted by Gasteiger charge is -2.15. The highest BCUT2D eigenvalue weighted by Crippen LogP contribution is 2.66. The zero-order valence-corrected chi connectivity index (χ0v) is 17.9. The molecule has 0 aliphatic heterocycles. The number of benzene rings is 2. The standard InChI is InChI=1S/C25H26ClN3O/c1-25-13-7-6-10-20(25)23(25)24(30)28-27-14-18-16-29(22-12-5-3-9-19(18)22)15-17-8-2-4-11-21(17)26/h2-5,8-9,11-12,14,16,20,23H,6-7,10,13,15H2,1H3,(H,28,30)/b27-14-/t20-,23+,25-/m0/s1. The number of rotatable bonds is 5. The van der Waals surface area contributed by atoms with Crippen molar-refractivity contribution in [2.45, 2.75) is 39.2 Å². The first-order chi connectivity index (χ1) is 14.6. The Morgan fingerprint density at radius 1 is 1.23 bits per heavy atom. The van der Waals surface area contributed by atoms with Crippen LogP contribution in [0.5, 0.6) is 0 Å². The minimum Gasteiger partial charge on any atom is -0.342 e. The highest BCUT2D eigenvalue weighted by atomic mass is 35.5. The van der Waals surface area contributed by atoms with Crippen molar-refractivity contribution in [3.63, 3.8) is 0 Å². The molecule has 1 aromatic heterocycles. The maximum atomic E-state index is 12.7. The van der Waals surface area contributed by atoms with E-state index in [0.29, 0.717) is 12.5 Å². The van der Waals surface area contributed by atoms with E-state index in [1.807, 2.05) is 36.4 Å². The average Bonchev–Trinajstić information content (AvgIpc) is 3.25. The minimum absolute atomic E-state index is 0.0699. The molecule has 2 fully saturated rings. The molecule has 0 bridgehead atoms. The average molecular weight is 420 g/mol. The van der Waals surface area contributed by atoms with Crippen LogP contribution >= 0.6 is 11.6 Å². The van der Waals surface area contributed by atoms with Crippen LogP contribution < -0.4 is 5.43 Å². The van der Waals surface area contributed by atoms with Gasteiger partial charge < -0.3 is 4.57 Å². The van der Waals surface area contributed by atoms with E-state index in [-0.39, 0.29) is 17.2 Å². The largest absolute Gasteiger partial charge is 0.342 e. The van der Waals surface area contributed by atoms with Gasteiger partial charge in [0, 0.05) is 40.1 Å². The summed E-state index contributed by atoms with van der Waals surface area (Å²) >= 11 is 6.36. The Morgan fingerprint density at radius 2 is 2.03 bits per heavy atom. The molecule has 3 atom stereocenters. The molecule has 2 aromatic carbocycles. The molecule has 1 heterocycles.